The molecule has 5 rings (SSSR count). The number of piperidine rings is 1. The number of ketones is 1. The van der Waals surface area contributed by atoms with Gasteiger partial charge >= 0.3 is 6.18 Å². The van der Waals surface area contributed by atoms with Crippen molar-refractivity contribution < 1.29 is 22.8 Å². The number of carbonyl (C=O) groups excluding carboxylic acids is 2. The van der Waals surface area contributed by atoms with E-state index in [-0.39, 0.29) is 35.7 Å². The third kappa shape index (κ3) is 5.00. The van der Waals surface area contributed by atoms with Crippen LogP contribution in [-0.2, 0) is 12.6 Å². The molecule has 1 saturated heterocycles. The molecule has 0 radical (unpaired) electrons. The van der Waals surface area contributed by atoms with E-state index in [1.165, 1.54) is 29.7 Å². The minimum absolute atomic E-state index is 0.0290. The zero-order valence-corrected chi connectivity index (χ0v) is 20.6. The first kappa shape index (κ1) is 24.8. The summed E-state index contributed by atoms with van der Waals surface area (Å²) in [5.74, 6) is -0.400. The number of amides is 1. The van der Waals surface area contributed by atoms with Crippen LogP contribution in [0.1, 0.15) is 78.1 Å². The Balaban J connectivity index is 1.52. The molecule has 3 N–H and O–H groups in total. The number of hydrogen-bond donors (Lipinski definition) is 2. The van der Waals surface area contributed by atoms with Crippen LogP contribution in [0.15, 0.2) is 18.2 Å². The van der Waals surface area contributed by atoms with E-state index in [0.717, 1.165) is 38.4 Å². The summed E-state index contributed by atoms with van der Waals surface area (Å²) in [6, 6.07) is 4.76. The molecule has 3 aliphatic rings. The molecule has 1 aromatic heterocycles. The number of carbonyl (C=O) groups is 2. The van der Waals surface area contributed by atoms with Crippen molar-refractivity contribution in [2.75, 3.05) is 25.0 Å². The second kappa shape index (κ2) is 8.90. The SMILES string of the molecule is CC1(C)CC(=O)c2c(C(F)(F)F)nn(-c3ccc(C(N)=O)c(N[C@H]4CCCN(CC5CC5)C4)c3)c2C1. The van der Waals surface area contributed by atoms with Crippen LogP contribution in [0.25, 0.3) is 5.69 Å². The number of benzene rings is 1. The maximum Gasteiger partial charge on any atom is 0.435 e. The number of primary amides is 1. The summed E-state index contributed by atoms with van der Waals surface area (Å²) >= 11 is 0. The summed E-state index contributed by atoms with van der Waals surface area (Å²) < 4.78 is 42.8. The van der Waals surface area contributed by atoms with Crippen molar-refractivity contribution >= 4 is 17.4 Å². The molecule has 10 heteroatoms. The van der Waals surface area contributed by atoms with E-state index in [2.05, 4.69) is 15.3 Å². The zero-order chi connectivity index (χ0) is 25.8. The fourth-order valence-electron chi connectivity index (χ4n) is 5.58. The monoisotopic (exact) mass is 503 g/mol. The van der Waals surface area contributed by atoms with Gasteiger partial charge in [0.25, 0.3) is 5.91 Å². The summed E-state index contributed by atoms with van der Waals surface area (Å²) in [4.78, 5) is 27.4. The third-order valence-corrected chi connectivity index (χ3v) is 7.41. The van der Waals surface area contributed by atoms with Crippen LogP contribution in [0.5, 0.6) is 0 Å². The van der Waals surface area contributed by atoms with Gasteiger partial charge in [-0.15, -0.1) is 0 Å². The highest BCUT2D eigenvalue weighted by Gasteiger charge is 2.45. The van der Waals surface area contributed by atoms with E-state index in [1.54, 1.807) is 6.07 Å². The number of Topliss-reactive ketones (excluding diaryl/α,β-unsaturated/α-hetero) is 1. The first-order valence-corrected chi connectivity index (χ1v) is 12.6. The molecule has 0 unspecified atom stereocenters. The van der Waals surface area contributed by atoms with Crippen molar-refractivity contribution in [3.8, 4) is 5.69 Å². The van der Waals surface area contributed by atoms with Crippen molar-refractivity contribution in [2.24, 2.45) is 17.1 Å². The molecule has 0 spiro atoms. The Kier molecular flexibility index (Phi) is 6.13. The van der Waals surface area contributed by atoms with Gasteiger partial charge in [0, 0.05) is 31.2 Å². The molecule has 1 atom stereocenters. The molecule has 2 heterocycles. The number of likely N-dealkylation sites (tertiary alicyclic amines) is 1. The number of nitrogens with two attached hydrogens (primary N) is 1. The van der Waals surface area contributed by atoms with E-state index < -0.39 is 29.0 Å². The lowest BCUT2D eigenvalue weighted by Crippen LogP contribution is -2.43. The predicted molar refractivity (Wildman–Crippen MR) is 129 cm³/mol. The van der Waals surface area contributed by atoms with Crippen LogP contribution in [0, 0.1) is 11.3 Å². The van der Waals surface area contributed by atoms with Crippen LogP contribution in [0.4, 0.5) is 18.9 Å². The van der Waals surface area contributed by atoms with Gasteiger partial charge in [-0.3, -0.25) is 9.59 Å². The van der Waals surface area contributed by atoms with E-state index >= 15 is 0 Å². The molecule has 7 nitrogen and oxygen atoms in total. The number of nitrogens with zero attached hydrogens (tertiary/aromatic N) is 3. The normalized spacial score (nSPS) is 22.4. The largest absolute Gasteiger partial charge is 0.435 e. The third-order valence-electron chi connectivity index (χ3n) is 7.41. The molecule has 194 valence electrons. The Morgan fingerprint density at radius 3 is 2.64 bits per heavy atom. The lowest BCUT2D eigenvalue weighted by Gasteiger charge is -2.34. The molecule has 1 amide bonds. The standard InChI is InChI=1S/C26H32F3N5O2/c1-25(2)11-20-22(21(35)12-25)23(26(27,28)29)32-34(20)17-7-8-18(24(30)36)19(10-17)31-16-4-3-9-33(14-16)13-15-5-6-15/h7-8,10,15-16,31H,3-6,9,11-14H2,1-2H3,(H2,30,36)/t16-/m0/s1. The van der Waals surface area contributed by atoms with Crippen molar-refractivity contribution in [1.82, 2.24) is 14.7 Å². The summed E-state index contributed by atoms with van der Waals surface area (Å²) in [7, 11) is 0. The molecule has 0 bridgehead atoms. The van der Waals surface area contributed by atoms with Gasteiger partial charge in [-0.1, -0.05) is 13.8 Å². The Morgan fingerprint density at radius 1 is 1.22 bits per heavy atom. The van der Waals surface area contributed by atoms with Gasteiger partial charge in [0.2, 0.25) is 0 Å². The summed E-state index contributed by atoms with van der Waals surface area (Å²) in [6.07, 6.45) is 0.0352. The lowest BCUT2D eigenvalue weighted by molar-refractivity contribution is -0.141. The number of nitrogens with one attached hydrogen (secondary N) is 1. The Labute approximate surface area is 208 Å². The van der Waals surface area contributed by atoms with E-state index in [0.29, 0.717) is 11.4 Å². The molecule has 1 aromatic carbocycles. The van der Waals surface area contributed by atoms with Crippen LogP contribution in [0.3, 0.4) is 0 Å². The van der Waals surface area contributed by atoms with E-state index in [4.69, 9.17) is 5.73 Å². The molecule has 2 aromatic rings. The molecule has 1 saturated carbocycles. The predicted octanol–water partition coefficient (Wildman–Crippen LogP) is 4.43. The topological polar surface area (TPSA) is 93.2 Å². The molecule has 36 heavy (non-hydrogen) atoms. The van der Waals surface area contributed by atoms with E-state index in [1.807, 2.05) is 13.8 Å². The number of anilines is 1. The second-order valence-corrected chi connectivity index (χ2v) is 11.3. The van der Waals surface area contributed by atoms with E-state index in [9.17, 15) is 22.8 Å². The molecular formula is C26H32F3N5O2. The molecule has 2 fully saturated rings. The first-order valence-electron chi connectivity index (χ1n) is 12.6. The number of fused-ring (bicyclic) bond motifs is 1. The molecule has 1 aliphatic heterocycles. The fraction of sp³-hybridized carbons (Fsp3) is 0.577. The Hall–Kier alpha value is -2.88. The first-order chi connectivity index (χ1) is 16.9. The van der Waals surface area contributed by atoms with Gasteiger partial charge in [-0.05, 0) is 68.2 Å². The number of hydrogen-bond acceptors (Lipinski definition) is 5. The van der Waals surface area contributed by atoms with Gasteiger partial charge in [0.15, 0.2) is 11.5 Å². The maximum atomic E-state index is 13.9. The smallest absolute Gasteiger partial charge is 0.380 e. The van der Waals surface area contributed by atoms with Gasteiger partial charge in [-0.25, -0.2) is 4.68 Å². The number of alkyl halides is 3. The van der Waals surface area contributed by atoms with Crippen LogP contribution >= 0.6 is 0 Å². The Bertz CT molecular complexity index is 1200. The van der Waals surface area contributed by atoms with Crippen molar-refractivity contribution in [2.45, 2.75) is 64.6 Å². The summed E-state index contributed by atoms with van der Waals surface area (Å²) in [5.41, 5.74) is 4.97. The van der Waals surface area contributed by atoms with Crippen molar-refractivity contribution in [3.63, 3.8) is 0 Å². The average molecular weight is 504 g/mol. The van der Waals surface area contributed by atoms with Gasteiger partial charge < -0.3 is 16.0 Å². The minimum atomic E-state index is -4.76. The van der Waals surface area contributed by atoms with Crippen molar-refractivity contribution in [3.05, 3.63) is 40.7 Å². The number of aromatic nitrogens is 2. The summed E-state index contributed by atoms with van der Waals surface area (Å²) in [5, 5.41) is 7.32. The number of halogens is 3. The van der Waals surface area contributed by atoms with Crippen LogP contribution < -0.4 is 11.1 Å². The fourth-order valence-corrected chi connectivity index (χ4v) is 5.58. The van der Waals surface area contributed by atoms with Crippen LogP contribution in [-0.4, -0.2) is 52.0 Å². The Morgan fingerprint density at radius 2 is 1.97 bits per heavy atom. The zero-order valence-electron chi connectivity index (χ0n) is 20.6. The second-order valence-electron chi connectivity index (χ2n) is 11.3. The average Bonchev–Trinajstić information content (AvgIpc) is 3.49. The highest BCUT2D eigenvalue weighted by atomic mass is 19.4. The minimum Gasteiger partial charge on any atom is -0.380 e. The molecular weight excluding hydrogens is 471 g/mol. The summed E-state index contributed by atoms with van der Waals surface area (Å²) in [6.45, 7) is 6.67. The van der Waals surface area contributed by atoms with Gasteiger partial charge in [0.05, 0.1) is 22.5 Å². The molecule has 2 aliphatic carbocycles. The van der Waals surface area contributed by atoms with Crippen molar-refractivity contribution in [1.29, 1.82) is 0 Å². The highest BCUT2D eigenvalue weighted by molar-refractivity contribution is 6.00. The highest BCUT2D eigenvalue weighted by Crippen LogP contribution is 2.42. The van der Waals surface area contributed by atoms with Crippen LogP contribution in [0.2, 0.25) is 0 Å². The quantitative estimate of drug-likeness (QED) is 0.608. The van der Waals surface area contributed by atoms with Gasteiger partial charge in [0.1, 0.15) is 0 Å². The lowest BCUT2D eigenvalue weighted by atomic mass is 9.75. The maximum absolute atomic E-state index is 13.9. The van der Waals surface area contributed by atoms with Gasteiger partial charge in [-0.2, -0.15) is 18.3 Å². The number of rotatable bonds is 6.